The molecule has 0 aliphatic heterocycles. The average Bonchev–Trinajstić information content (AvgIpc) is 2.70. The van der Waals surface area contributed by atoms with E-state index in [1.54, 1.807) is 6.92 Å². The predicted octanol–water partition coefficient (Wildman–Crippen LogP) is 0.000120. The van der Waals surface area contributed by atoms with Crippen LogP contribution in [0.5, 0.6) is 0 Å². The molecule has 0 saturated heterocycles. The molecule has 1 atom stereocenters. The average molecular weight is 276 g/mol. The second-order valence-corrected chi connectivity index (χ2v) is 5.46. The number of furan rings is 1. The van der Waals surface area contributed by atoms with E-state index in [1.165, 1.54) is 14.0 Å². The molecule has 1 aromatic heterocycles. The molecule has 0 aliphatic carbocycles. The minimum atomic E-state index is -3.75. The second-order valence-electron chi connectivity index (χ2n) is 3.78. The van der Waals surface area contributed by atoms with Gasteiger partial charge in [0, 0.05) is 18.7 Å². The lowest BCUT2D eigenvalue weighted by atomic mass is 10.4. The zero-order valence-electron chi connectivity index (χ0n) is 10.4. The van der Waals surface area contributed by atoms with E-state index in [2.05, 4.69) is 9.46 Å². The smallest absolute Gasteiger partial charge is 0.373 e. The van der Waals surface area contributed by atoms with Crippen molar-refractivity contribution < 1.29 is 22.4 Å². The minimum absolute atomic E-state index is 0.0943. The number of sulfonamides is 1. The van der Waals surface area contributed by atoms with Gasteiger partial charge in [0.15, 0.2) is 0 Å². The van der Waals surface area contributed by atoms with Crippen molar-refractivity contribution in [2.75, 3.05) is 13.7 Å². The first kappa shape index (κ1) is 14.7. The lowest BCUT2D eigenvalue weighted by Crippen LogP contribution is -2.37. The molecule has 8 heteroatoms. The van der Waals surface area contributed by atoms with Crippen LogP contribution in [-0.4, -0.2) is 34.1 Å². The minimum Gasteiger partial charge on any atom is -0.463 e. The van der Waals surface area contributed by atoms with Gasteiger partial charge < -0.3 is 14.9 Å². The third kappa shape index (κ3) is 3.09. The molecule has 0 spiro atoms. The quantitative estimate of drug-likeness (QED) is 0.732. The number of carbonyl (C=O) groups is 1. The van der Waals surface area contributed by atoms with Crippen molar-refractivity contribution in [3.8, 4) is 0 Å². The number of ether oxygens (including phenoxy) is 1. The van der Waals surface area contributed by atoms with Crippen LogP contribution >= 0.6 is 0 Å². The van der Waals surface area contributed by atoms with Crippen molar-refractivity contribution >= 4 is 16.0 Å². The zero-order chi connectivity index (χ0) is 13.9. The highest BCUT2D eigenvalue weighted by atomic mass is 32.2. The van der Waals surface area contributed by atoms with Crippen LogP contribution in [0.3, 0.4) is 0 Å². The molecule has 0 fully saturated rings. The zero-order valence-corrected chi connectivity index (χ0v) is 11.2. The highest BCUT2D eigenvalue weighted by Gasteiger charge is 2.25. The highest BCUT2D eigenvalue weighted by molar-refractivity contribution is 7.89. The van der Waals surface area contributed by atoms with Gasteiger partial charge in [-0.05, 0) is 13.8 Å². The van der Waals surface area contributed by atoms with E-state index in [0.717, 1.165) is 6.07 Å². The van der Waals surface area contributed by atoms with E-state index in [1.807, 2.05) is 0 Å². The summed E-state index contributed by atoms with van der Waals surface area (Å²) in [5.41, 5.74) is 5.35. The first-order valence-corrected chi connectivity index (χ1v) is 6.71. The fraction of sp³-hybridized carbons (Fsp3) is 0.500. The molecule has 18 heavy (non-hydrogen) atoms. The monoisotopic (exact) mass is 276 g/mol. The third-order valence-electron chi connectivity index (χ3n) is 2.26. The summed E-state index contributed by atoms with van der Waals surface area (Å²) in [4.78, 5) is 11.1. The van der Waals surface area contributed by atoms with E-state index in [9.17, 15) is 13.2 Å². The molecule has 1 aromatic rings. The number of rotatable bonds is 5. The Morgan fingerprint density at radius 2 is 2.22 bits per heavy atom. The first-order chi connectivity index (χ1) is 8.31. The lowest BCUT2D eigenvalue weighted by molar-refractivity contribution is 0.0563. The molecule has 3 N–H and O–H groups in total. The number of esters is 1. The molecule has 1 rings (SSSR count). The van der Waals surface area contributed by atoms with Gasteiger partial charge in [-0.2, -0.15) is 0 Å². The Balaban J connectivity index is 3.10. The number of methoxy groups -OCH3 is 1. The number of hydrogen-bond donors (Lipinski definition) is 2. The van der Waals surface area contributed by atoms with Crippen molar-refractivity contribution in [2.45, 2.75) is 24.8 Å². The van der Waals surface area contributed by atoms with Crippen LogP contribution in [0.25, 0.3) is 0 Å². The molecule has 0 radical (unpaired) electrons. The van der Waals surface area contributed by atoms with Gasteiger partial charge in [0.2, 0.25) is 15.8 Å². The Labute approximate surface area is 105 Å². The number of hydrogen-bond acceptors (Lipinski definition) is 6. The maximum atomic E-state index is 12.0. The molecule has 1 heterocycles. The van der Waals surface area contributed by atoms with Gasteiger partial charge >= 0.3 is 5.97 Å². The fourth-order valence-electron chi connectivity index (χ4n) is 1.31. The van der Waals surface area contributed by atoms with Gasteiger partial charge in [0.1, 0.15) is 10.7 Å². The molecular formula is C10H16N2O5S. The molecule has 0 bridgehead atoms. The molecule has 7 nitrogen and oxygen atoms in total. The summed E-state index contributed by atoms with van der Waals surface area (Å²) in [6, 6.07) is 0.720. The van der Waals surface area contributed by atoms with Crippen LogP contribution in [-0.2, 0) is 14.8 Å². The first-order valence-electron chi connectivity index (χ1n) is 5.23. The Hall–Kier alpha value is -1.38. The highest BCUT2D eigenvalue weighted by Crippen LogP contribution is 2.20. The number of carbonyl (C=O) groups excluding carboxylic acids is 1. The van der Waals surface area contributed by atoms with E-state index in [0.29, 0.717) is 0 Å². The van der Waals surface area contributed by atoms with Crippen molar-refractivity contribution in [2.24, 2.45) is 5.73 Å². The Morgan fingerprint density at radius 3 is 2.72 bits per heavy atom. The summed E-state index contributed by atoms with van der Waals surface area (Å²) < 4.78 is 35.8. The van der Waals surface area contributed by atoms with E-state index < -0.39 is 22.0 Å². The maximum Gasteiger partial charge on any atom is 0.373 e. The summed E-state index contributed by atoms with van der Waals surface area (Å²) in [6.07, 6.45) is 0. The van der Waals surface area contributed by atoms with Crippen LogP contribution in [0.2, 0.25) is 0 Å². The molecule has 0 saturated carbocycles. The van der Waals surface area contributed by atoms with Crippen LogP contribution < -0.4 is 10.5 Å². The molecular weight excluding hydrogens is 260 g/mol. The molecule has 0 aromatic carbocycles. The molecule has 0 unspecified atom stereocenters. The van der Waals surface area contributed by atoms with Gasteiger partial charge in [-0.25, -0.2) is 17.9 Å². The van der Waals surface area contributed by atoms with Crippen molar-refractivity contribution in [1.29, 1.82) is 0 Å². The van der Waals surface area contributed by atoms with Crippen molar-refractivity contribution in [3.05, 3.63) is 17.6 Å². The summed E-state index contributed by atoms with van der Waals surface area (Å²) >= 11 is 0. The summed E-state index contributed by atoms with van der Waals surface area (Å²) in [7, 11) is -2.57. The Kier molecular flexibility index (Phi) is 4.49. The van der Waals surface area contributed by atoms with Crippen molar-refractivity contribution in [3.63, 3.8) is 0 Å². The number of nitrogens with two attached hydrogens (primary N) is 1. The molecule has 0 aliphatic rings. The second kappa shape index (κ2) is 5.51. The molecule has 0 amide bonds. The molecule has 102 valence electrons. The SMILES string of the molecule is COC(=O)c1cc(S(=O)(=O)N[C@@H](C)CN)c(C)o1. The third-order valence-corrected chi connectivity index (χ3v) is 3.96. The van der Waals surface area contributed by atoms with E-state index >= 15 is 0 Å². The van der Waals surface area contributed by atoms with Crippen LogP contribution in [0.4, 0.5) is 0 Å². The van der Waals surface area contributed by atoms with Crippen LogP contribution in [0, 0.1) is 6.92 Å². The topological polar surface area (TPSA) is 112 Å². The Bertz CT molecular complexity index is 534. The normalized spacial score (nSPS) is 13.3. The van der Waals surface area contributed by atoms with Crippen molar-refractivity contribution in [1.82, 2.24) is 4.72 Å². The number of nitrogens with one attached hydrogen (secondary N) is 1. The summed E-state index contributed by atoms with van der Waals surface area (Å²) in [5, 5.41) is 0. The van der Waals surface area contributed by atoms with Crippen LogP contribution in [0.15, 0.2) is 15.4 Å². The Morgan fingerprint density at radius 1 is 1.61 bits per heavy atom. The van der Waals surface area contributed by atoms with Gasteiger partial charge in [-0.1, -0.05) is 0 Å². The number of aryl methyl sites for hydroxylation is 1. The maximum absolute atomic E-state index is 12.0. The van der Waals surface area contributed by atoms with Gasteiger partial charge in [0.25, 0.3) is 0 Å². The lowest BCUT2D eigenvalue weighted by Gasteiger charge is -2.10. The van der Waals surface area contributed by atoms with E-state index in [4.69, 9.17) is 10.2 Å². The van der Waals surface area contributed by atoms with E-state index in [-0.39, 0.29) is 23.0 Å². The summed E-state index contributed by atoms with van der Waals surface area (Å²) in [5.74, 6) is -0.769. The van der Waals surface area contributed by atoms with Crippen LogP contribution in [0.1, 0.15) is 23.2 Å². The van der Waals surface area contributed by atoms with Gasteiger partial charge in [-0.15, -0.1) is 0 Å². The largest absolute Gasteiger partial charge is 0.463 e. The van der Waals surface area contributed by atoms with Gasteiger partial charge in [-0.3, -0.25) is 0 Å². The fourth-order valence-corrected chi connectivity index (χ4v) is 2.75. The standard InChI is InChI=1S/C10H16N2O5S/c1-6(5-11)12-18(14,15)9-4-8(10(13)16-3)17-7(9)2/h4,6,12H,5,11H2,1-3H3/t6-/m0/s1. The van der Waals surface area contributed by atoms with Gasteiger partial charge in [0.05, 0.1) is 7.11 Å². The predicted molar refractivity (Wildman–Crippen MR) is 63.6 cm³/mol. The summed E-state index contributed by atoms with van der Waals surface area (Å²) in [6.45, 7) is 3.25.